The van der Waals surface area contributed by atoms with Crippen LogP contribution in [0.25, 0.3) is 0 Å². The molecule has 0 amide bonds. The van der Waals surface area contributed by atoms with Gasteiger partial charge in [0.15, 0.2) is 0 Å². The molecule has 0 spiro atoms. The number of nitrogens with zero attached hydrogens (tertiary/aromatic N) is 4. The van der Waals surface area contributed by atoms with Gasteiger partial charge in [-0.15, -0.1) is 0 Å². The van der Waals surface area contributed by atoms with Gasteiger partial charge in [-0.3, -0.25) is 0 Å². The van der Waals surface area contributed by atoms with Crippen LogP contribution >= 0.6 is 0 Å². The number of aromatic nitrogens is 3. The van der Waals surface area contributed by atoms with Crippen molar-refractivity contribution in [3.63, 3.8) is 0 Å². The van der Waals surface area contributed by atoms with Crippen molar-refractivity contribution in [2.45, 2.75) is 18.7 Å². The fraction of sp³-hybridized carbons (Fsp3) is 0.400. The van der Waals surface area contributed by atoms with Gasteiger partial charge in [-0.25, -0.2) is 9.97 Å². The first-order valence-corrected chi connectivity index (χ1v) is 7.27. The third-order valence-corrected chi connectivity index (χ3v) is 3.61. The molecule has 0 saturated carbocycles. The molecule has 1 fully saturated rings. The van der Waals surface area contributed by atoms with E-state index in [1.807, 2.05) is 4.90 Å². The Morgan fingerprint density at radius 3 is 2.67 bits per heavy atom. The van der Waals surface area contributed by atoms with Crippen LogP contribution in [-0.2, 0) is 6.18 Å². The van der Waals surface area contributed by atoms with E-state index in [1.165, 1.54) is 13.2 Å². The molecule has 0 bridgehead atoms. The molecule has 9 heteroatoms. The first kappa shape index (κ1) is 16.3. The first-order chi connectivity index (χ1) is 11.5. The second-order valence-corrected chi connectivity index (χ2v) is 5.26. The third kappa shape index (κ3) is 3.66. The summed E-state index contributed by atoms with van der Waals surface area (Å²) in [5.41, 5.74) is -0.798. The number of ether oxygens (including phenoxy) is 2. The first-order valence-electron chi connectivity index (χ1n) is 7.27. The van der Waals surface area contributed by atoms with Crippen LogP contribution in [0.15, 0.2) is 30.6 Å². The van der Waals surface area contributed by atoms with E-state index in [-0.39, 0.29) is 12.0 Å². The van der Waals surface area contributed by atoms with E-state index in [4.69, 9.17) is 9.47 Å². The number of pyridine rings is 1. The minimum Gasteiger partial charge on any atom is -0.481 e. The highest BCUT2D eigenvalue weighted by molar-refractivity contribution is 5.34. The van der Waals surface area contributed by atoms with Gasteiger partial charge in [0, 0.05) is 37.5 Å². The van der Waals surface area contributed by atoms with Crippen molar-refractivity contribution >= 4 is 5.95 Å². The second kappa shape index (κ2) is 6.50. The molecular weight excluding hydrogens is 325 g/mol. The fourth-order valence-electron chi connectivity index (χ4n) is 2.39. The van der Waals surface area contributed by atoms with Gasteiger partial charge in [-0.05, 0) is 6.07 Å². The molecule has 3 rings (SSSR count). The van der Waals surface area contributed by atoms with E-state index in [9.17, 15) is 13.2 Å². The standard InChI is InChI=1S/C15H15F3N4O2/c1-23-13-4-6-19-14(21-13)22-7-5-11(9-22)24-12-3-2-10(8-20-12)15(16,17)18/h2-4,6,8,11H,5,7,9H2,1H3. The molecule has 1 aliphatic rings. The van der Waals surface area contributed by atoms with Gasteiger partial charge in [0.05, 0.1) is 19.2 Å². The van der Waals surface area contributed by atoms with Crippen molar-refractivity contribution in [1.82, 2.24) is 15.0 Å². The zero-order chi connectivity index (χ0) is 17.2. The van der Waals surface area contributed by atoms with E-state index in [0.29, 0.717) is 31.3 Å². The zero-order valence-electron chi connectivity index (χ0n) is 12.8. The number of rotatable bonds is 4. The smallest absolute Gasteiger partial charge is 0.417 e. The van der Waals surface area contributed by atoms with Crippen molar-refractivity contribution in [3.8, 4) is 11.8 Å². The average molecular weight is 340 g/mol. The average Bonchev–Trinajstić information content (AvgIpc) is 3.03. The van der Waals surface area contributed by atoms with Gasteiger partial charge in [-0.1, -0.05) is 0 Å². The van der Waals surface area contributed by atoms with Crippen molar-refractivity contribution in [2.24, 2.45) is 0 Å². The second-order valence-electron chi connectivity index (χ2n) is 5.26. The van der Waals surface area contributed by atoms with E-state index >= 15 is 0 Å². The SMILES string of the molecule is COc1ccnc(N2CCC(Oc3ccc(C(F)(F)F)cn3)C2)n1. The van der Waals surface area contributed by atoms with Crippen molar-refractivity contribution in [2.75, 3.05) is 25.1 Å². The van der Waals surface area contributed by atoms with Crippen LogP contribution < -0.4 is 14.4 Å². The lowest BCUT2D eigenvalue weighted by Crippen LogP contribution is -2.26. The van der Waals surface area contributed by atoms with Gasteiger partial charge >= 0.3 is 6.18 Å². The van der Waals surface area contributed by atoms with E-state index in [1.54, 1.807) is 12.3 Å². The molecule has 0 N–H and O–H groups in total. The van der Waals surface area contributed by atoms with Crippen molar-refractivity contribution in [1.29, 1.82) is 0 Å². The Labute approximate surface area is 136 Å². The van der Waals surface area contributed by atoms with Gasteiger partial charge in [-0.2, -0.15) is 18.2 Å². The Kier molecular flexibility index (Phi) is 4.41. The molecule has 24 heavy (non-hydrogen) atoms. The summed E-state index contributed by atoms with van der Waals surface area (Å²) in [5, 5.41) is 0. The Balaban J connectivity index is 1.61. The lowest BCUT2D eigenvalue weighted by atomic mass is 10.3. The number of methoxy groups -OCH3 is 1. The van der Waals surface area contributed by atoms with Gasteiger partial charge in [0.1, 0.15) is 6.10 Å². The molecule has 2 aromatic heterocycles. The molecule has 1 saturated heterocycles. The molecule has 2 aromatic rings. The van der Waals surface area contributed by atoms with E-state index in [2.05, 4.69) is 15.0 Å². The van der Waals surface area contributed by atoms with E-state index in [0.717, 1.165) is 12.3 Å². The maximum absolute atomic E-state index is 12.5. The van der Waals surface area contributed by atoms with Gasteiger partial charge in [0.25, 0.3) is 0 Å². The Hall–Kier alpha value is -2.58. The maximum atomic E-state index is 12.5. The minimum absolute atomic E-state index is 0.168. The summed E-state index contributed by atoms with van der Waals surface area (Å²) < 4.78 is 48.2. The van der Waals surface area contributed by atoms with Crippen LogP contribution in [0.1, 0.15) is 12.0 Å². The van der Waals surface area contributed by atoms with Crippen LogP contribution in [0.5, 0.6) is 11.8 Å². The number of halogens is 3. The summed E-state index contributed by atoms with van der Waals surface area (Å²) >= 11 is 0. The maximum Gasteiger partial charge on any atom is 0.417 e. The Morgan fingerprint density at radius 1 is 1.17 bits per heavy atom. The third-order valence-electron chi connectivity index (χ3n) is 3.61. The number of hydrogen-bond donors (Lipinski definition) is 0. The van der Waals surface area contributed by atoms with E-state index < -0.39 is 11.7 Å². The number of alkyl halides is 3. The predicted octanol–water partition coefficient (Wildman–Crippen LogP) is 2.56. The molecule has 0 aliphatic carbocycles. The minimum atomic E-state index is -4.40. The number of hydrogen-bond acceptors (Lipinski definition) is 6. The summed E-state index contributed by atoms with van der Waals surface area (Å²) in [6, 6.07) is 3.84. The monoisotopic (exact) mass is 340 g/mol. The summed E-state index contributed by atoms with van der Waals surface area (Å²) in [6.07, 6.45) is -1.52. The highest BCUT2D eigenvalue weighted by atomic mass is 19.4. The van der Waals surface area contributed by atoms with Crippen molar-refractivity contribution < 1.29 is 22.6 Å². The zero-order valence-corrected chi connectivity index (χ0v) is 12.8. The lowest BCUT2D eigenvalue weighted by Gasteiger charge is -2.17. The van der Waals surface area contributed by atoms with Gasteiger partial charge in [0.2, 0.25) is 17.7 Å². The normalized spacial score (nSPS) is 17.8. The van der Waals surface area contributed by atoms with Crippen LogP contribution in [0.2, 0.25) is 0 Å². The molecule has 1 unspecified atom stereocenters. The summed E-state index contributed by atoms with van der Waals surface area (Å²) in [7, 11) is 1.53. The Bertz CT molecular complexity index is 694. The molecule has 0 radical (unpaired) electrons. The summed E-state index contributed by atoms with van der Waals surface area (Å²) in [4.78, 5) is 14.1. The molecule has 1 aliphatic heterocycles. The molecule has 0 aromatic carbocycles. The molecular formula is C15H15F3N4O2. The van der Waals surface area contributed by atoms with Crippen molar-refractivity contribution in [3.05, 3.63) is 36.2 Å². The fourth-order valence-corrected chi connectivity index (χ4v) is 2.39. The molecule has 1 atom stereocenters. The summed E-state index contributed by atoms with van der Waals surface area (Å²) in [6.45, 7) is 1.20. The molecule has 128 valence electrons. The van der Waals surface area contributed by atoms with Crippen LogP contribution in [-0.4, -0.2) is 41.3 Å². The Morgan fingerprint density at radius 2 is 2.00 bits per heavy atom. The van der Waals surface area contributed by atoms with Crippen LogP contribution in [0.3, 0.4) is 0 Å². The van der Waals surface area contributed by atoms with Gasteiger partial charge < -0.3 is 14.4 Å². The summed E-state index contributed by atoms with van der Waals surface area (Å²) in [5.74, 6) is 1.16. The van der Waals surface area contributed by atoms with Crippen LogP contribution in [0, 0.1) is 0 Å². The van der Waals surface area contributed by atoms with Crippen LogP contribution in [0.4, 0.5) is 19.1 Å². The predicted molar refractivity (Wildman–Crippen MR) is 79.1 cm³/mol. The molecule has 6 nitrogen and oxygen atoms in total. The quantitative estimate of drug-likeness (QED) is 0.852. The largest absolute Gasteiger partial charge is 0.481 e. The topological polar surface area (TPSA) is 60.4 Å². The highest BCUT2D eigenvalue weighted by Crippen LogP contribution is 2.29. The molecule has 3 heterocycles. The highest BCUT2D eigenvalue weighted by Gasteiger charge is 2.31. The lowest BCUT2D eigenvalue weighted by molar-refractivity contribution is -0.137. The number of anilines is 1.